The van der Waals surface area contributed by atoms with E-state index in [-0.39, 0.29) is 5.82 Å². The summed E-state index contributed by atoms with van der Waals surface area (Å²) < 4.78 is 13.5. The number of rotatable bonds is 2. The summed E-state index contributed by atoms with van der Waals surface area (Å²) in [6.45, 7) is 0. The van der Waals surface area contributed by atoms with Gasteiger partial charge in [-0.1, -0.05) is 60.7 Å². The Labute approximate surface area is 136 Å². The van der Waals surface area contributed by atoms with E-state index in [1.807, 2.05) is 6.07 Å². The molecular formula is C22H19F. The molecule has 0 N–H and O–H groups in total. The summed E-state index contributed by atoms with van der Waals surface area (Å²) >= 11 is 0. The first kappa shape index (κ1) is 14.2. The van der Waals surface area contributed by atoms with E-state index in [1.165, 1.54) is 42.0 Å². The van der Waals surface area contributed by atoms with Crippen LogP contribution in [0.4, 0.5) is 4.39 Å². The Balaban J connectivity index is 1.75. The van der Waals surface area contributed by atoms with Crippen LogP contribution in [0.15, 0.2) is 72.8 Å². The van der Waals surface area contributed by atoms with E-state index in [2.05, 4.69) is 48.5 Å². The van der Waals surface area contributed by atoms with Crippen LogP contribution < -0.4 is 0 Å². The van der Waals surface area contributed by atoms with Crippen molar-refractivity contribution < 1.29 is 4.39 Å². The Kier molecular flexibility index (Phi) is 3.70. The molecule has 114 valence electrons. The largest absolute Gasteiger partial charge is 0.207 e. The number of aryl methyl sites for hydroxylation is 1. The third-order valence-electron chi connectivity index (χ3n) is 4.82. The molecule has 0 spiro atoms. The standard InChI is InChI=1S/C22H19F/c23-20-11-4-9-18(15-20)17-8-3-10-19(14-17)22-13-5-7-16-6-1-2-12-21(16)22/h1-4,6,8-12,14-15,22H,5,7,13H2/t22-/m1/s1. The van der Waals surface area contributed by atoms with Crippen LogP contribution in [0.1, 0.15) is 35.4 Å². The molecule has 0 saturated carbocycles. The molecule has 0 heterocycles. The fourth-order valence-corrected chi connectivity index (χ4v) is 3.70. The number of hydrogen-bond donors (Lipinski definition) is 0. The zero-order valence-electron chi connectivity index (χ0n) is 13.0. The molecule has 4 rings (SSSR count). The Morgan fingerprint density at radius 1 is 0.783 bits per heavy atom. The van der Waals surface area contributed by atoms with Gasteiger partial charge in [-0.25, -0.2) is 4.39 Å². The van der Waals surface area contributed by atoms with Gasteiger partial charge in [0.15, 0.2) is 0 Å². The van der Waals surface area contributed by atoms with Crippen LogP contribution in [0.5, 0.6) is 0 Å². The maximum Gasteiger partial charge on any atom is 0.123 e. The van der Waals surface area contributed by atoms with Gasteiger partial charge >= 0.3 is 0 Å². The van der Waals surface area contributed by atoms with Gasteiger partial charge in [-0.05, 0) is 59.2 Å². The second kappa shape index (κ2) is 6.00. The van der Waals surface area contributed by atoms with Crippen molar-refractivity contribution in [2.24, 2.45) is 0 Å². The summed E-state index contributed by atoms with van der Waals surface area (Å²) in [7, 11) is 0. The lowest BCUT2D eigenvalue weighted by atomic mass is 9.78. The summed E-state index contributed by atoms with van der Waals surface area (Å²) in [5, 5.41) is 0. The van der Waals surface area contributed by atoms with Gasteiger partial charge in [-0.15, -0.1) is 0 Å². The topological polar surface area (TPSA) is 0 Å². The summed E-state index contributed by atoms with van der Waals surface area (Å²) in [4.78, 5) is 0. The molecule has 0 aliphatic heterocycles. The first-order valence-corrected chi connectivity index (χ1v) is 8.25. The van der Waals surface area contributed by atoms with Crippen LogP contribution in [0.3, 0.4) is 0 Å². The van der Waals surface area contributed by atoms with Gasteiger partial charge in [0.1, 0.15) is 5.82 Å². The molecule has 3 aromatic rings. The monoisotopic (exact) mass is 302 g/mol. The summed E-state index contributed by atoms with van der Waals surface area (Å²) in [6, 6.07) is 24.2. The van der Waals surface area contributed by atoms with E-state index in [0.717, 1.165) is 11.1 Å². The Morgan fingerprint density at radius 3 is 2.43 bits per heavy atom. The Morgan fingerprint density at radius 2 is 1.57 bits per heavy atom. The molecule has 3 aromatic carbocycles. The minimum absolute atomic E-state index is 0.184. The highest BCUT2D eigenvalue weighted by atomic mass is 19.1. The summed E-state index contributed by atoms with van der Waals surface area (Å²) in [5.74, 6) is 0.268. The van der Waals surface area contributed by atoms with Gasteiger partial charge in [0.2, 0.25) is 0 Å². The van der Waals surface area contributed by atoms with Crippen molar-refractivity contribution >= 4 is 0 Å². The SMILES string of the molecule is Fc1cccc(-c2cccc([C@H]3CCCc4ccccc43)c2)c1. The molecule has 0 radical (unpaired) electrons. The van der Waals surface area contributed by atoms with E-state index < -0.39 is 0 Å². The zero-order valence-corrected chi connectivity index (χ0v) is 13.0. The molecule has 23 heavy (non-hydrogen) atoms. The first-order chi connectivity index (χ1) is 11.3. The molecule has 0 fully saturated rings. The number of fused-ring (bicyclic) bond motifs is 1. The molecule has 0 nitrogen and oxygen atoms in total. The molecule has 0 amide bonds. The highest BCUT2D eigenvalue weighted by molar-refractivity contribution is 5.64. The molecule has 0 bridgehead atoms. The van der Waals surface area contributed by atoms with E-state index in [0.29, 0.717) is 5.92 Å². The number of halogens is 1. The maximum absolute atomic E-state index is 13.5. The number of benzene rings is 3. The average Bonchev–Trinajstić information content (AvgIpc) is 2.61. The molecule has 0 saturated heterocycles. The predicted molar refractivity (Wildman–Crippen MR) is 93.1 cm³/mol. The zero-order chi connectivity index (χ0) is 15.6. The summed E-state index contributed by atoms with van der Waals surface area (Å²) in [5.41, 5.74) is 6.29. The second-order valence-corrected chi connectivity index (χ2v) is 6.28. The Bertz CT molecular complexity index is 835. The van der Waals surface area contributed by atoms with Gasteiger partial charge in [-0.2, -0.15) is 0 Å². The smallest absolute Gasteiger partial charge is 0.123 e. The normalized spacial score (nSPS) is 16.8. The molecule has 1 aliphatic carbocycles. The van der Waals surface area contributed by atoms with Crippen LogP contribution >= 0.6 is 0 Å². The van der Waals surface area contributed by atoms with Crippen molar-refractivity contribution in [3.05, 3.63) is 95.3 Å². The van der Waals surface area contributed by atoms with Crippen molar-refractivity contribution in [2.75, 3.05) is 0 Å². The van der Waals surface area contributed by atoms with Crippen LogP contribution in [0.25, 0.3) is 11.1 Å². The van der Waals surface area contributed by atoms with Crippen LogP contribution in [0, 0.1) is 5.82 Å². The predicted octanol–water partition coefficient (Wildman–Crippen LogP) is 5.96. The van der Waals surface area contributed by atoms with Crippen LogP contribution in [-0.4, -0.2) is 0 Å². The molecule has 1 heteroatoms. The fraction of sp³-hybridized carbons (Fsp3) is 0.182. The molecule has 0 aromatic heterocycles. The van der Waals surface area contributed by atoms with E-state index in [1.54, 1.807) is 12.1 Å². The highest BCUT2D eigenvalue weighted by Gasteiger charge is 2.21. The number of hydrogen-bond acceptors (Lipinski definition) is 0. The lowest BCUT2D eigenvalue weighted by Gasteiger charge is -2.26. The second-order valence-electron chi connectivity index (χ2n) is 6.28. The van der Waals surface area contributed by atoms with Crippen molar-refractivity contribution in [1.82, 2.24) is 0 Å². The molecule has 1 aliphatic rings. The third-order valence-corrected chi connectivity index (χ3v) is 4.82. The Hall–Kier alpha value is -2.41. The lowest BCUT2D eigenvalue weighted by Crippen LogP contribution is -2.10. The highest BCUT2D eigenvalue weighted by Crippen LogP contribution is 2.37. The van der Waals surface area contributed by atoms with Crippen molar-refractivity contribution in [3.8, 4) is 11.1 Å². The van der Waals surface area contributed by atoms with Crippen molar-refractivity contribution in [3.63, 3.8) is 0 Å². The minimum Gasteiger partial charge on any atom is -0.207 e. The summed E-state index contributed by atoms with van der Waals surface area (Å²) in [6.07, 6.45) is 3.59. The van der Waals surface area contributed by atoms with Gasteiger partial charge in [0.25, 0.3) is 0 Å². The lowest BCUT2D eigenvalue weighted by molar-refractivity contribution is 0.616. The van der Waals surface area contributed by atoms with Crippen LogP contribution in [-0.2, 0) is 6.42 Å². The molecule has 0 unspecified atom stereocenters. The quantitative estimate of drug-likeness (QED) is 0.548. The van der Waals surface area contributed by atoms with E-state index in [4.69, 9.17) is 0 Å². The third kappa shape index (κ3) is 2.79. The van der Waals surface area contributed by atoms with Gasteiger partial charge in [-0.3, -0.25) is 0 Å². The van der Waals surface area contributed by atoms with Crippen molar-refractivity contribution in [1.29, 1.82) is 0 Å². The fourth-order valence-electron chi connectivity index (χ4n) is 3.70. The van der Waals surface area contributed by atoms with Gasteiger partial charge in [0.05, 0.1) is 0 Å². The van der Waals surface area contributed by atoms with Crippen LogP contribution in [0.2, 0.25) is 0 Å². The van der Waals surface area contributed by atoms with Crippen molar-refractivity contribution in [2.45, 2.75) is 25.2 Å². The van der Waals surface area contributed by atoms with Gasteiger partial charge in [0, 0.05) is 5.92 Å². The maximum atomic E-state index is 13.5. The van der Waals surface area contributed by atoms with E-state index in [9.17, 15) is 4.39 Å². The molecular weight excluding hydrogens is 283 g/mol. The average molecular weight is 302 g/mol. The van der Waals surface area contributed by atoms with E-state index >= 15 is 0 Å². The molecule has 1 atom stereocenters. The first-order valence-electron chi connectivity index (χ1n) is 8.25. The van der Waals surface area contributed by atoms with Gasteiger partial charge < -0.3 is 0 Å². The minimum atomic E-state index is -0.184.